The van der Waals surface area contributed by atoms with Gasteiger partial charge in [-0.1, -0.05) is 0 Å². The van der Waals surface area contributed by atoms with Gasteiger partial charge in [-0.3, -0.25) is 19.3 Å². The number of thioether (sulfide) groups is 1. The van der Waals surface area contributed by atoms with Gasteiger partial charge >= 0.3 is 0 Å². The highest BCUT2D eigenvalue weighted by Crippen LogP contribution is 2.34. The number of imide groups is 1. The number of hydrogen-bond donors (Lipinski definition) is 0. The fraction of sp³-hybridized carbons (Fsp3) is 0.318. The third-order valence-electron chi connectivity index (χ3n) is 5.47. The average molecular weight is 428 g/mol. The second-order valence-corrected chi connectivity index (χ2v) is 8.49. The molecule has 0 spiro atoms. The smallest absolute Gasteiger partial charge is 0.294 e. The van der Waals surface area contributed by atoms with Crippen LogP contribution in [0.15, 0.2) is 35.2 Å². The van der Waals surface area contributed by atoms with Crippen LogP contribution >= 0.6 is 11.8 Å². The first-order valence-electron chi connectivity index (χ1n) is 9.83. The van der Waals surface area contributed by atoms with Crippen LogP contribution in [0.5, 0.6) is 0 Å². The molecule has 2 saturated heterocycles. The van der Waals surface area contributed by atoms with Gasteiger partial charge in [-0.15, -0.1) is 0 Å². The van der Waals surface area contributed by atoms with Crippen LogP contribution in [-0.2, 0) is 9.59 Å². The second-order valence-electron chi connectivity index (χ2n) is 7.49. The zero-order chi connectivity index (χ0) is 21.4. The van der Waals surface area contributed by atoms with E-state index < -0.39 is 11.1 Å². The van der Waals surface area contributed by atoms with E-state index in [0.717, 1.165) is 52.1 Å². The first-order valence-corrected chi connectivity index (χ1v) is 10.6. The zero-order valence-corrected chi connectivity index (χ0v) is 17.7. The fourth-order valence-electron chi connectivity index (χ4n) is 3.90. The van der Waals surface area contributed by atoms with Gasteiger partial charge in [0.1, 0.15) is 12.4 Å². The Bertz CT molecular complexity index is 1050. The van der Waals surface area contributed by atoms with E-state index in [4.69, 9.17) is 0 Å². The molecule has 156 valence electrons. The SMILES string of the molecule is Cc1cc(/C=C2/SC(=O)N(CC(=O)N3CCCC3)C2=O)c(C)n1-c1ccc(F)cc1. The largest absolute Gasteiger partial charge is 0.341 e. The number of nitrogens with zero attached hydrogens (tertiary/aromatic N) is 3. The van der Waals surface area contributed by atoms with E-state index in [2.05, 4.69) is 0 Å². The standard InChI is InChI=1S/C22H22FN3O3S/c1-14-11-16(15(2)26(14)18-7-5-17(23)6-8-18)12-19-21(28)25(22(29)30-19)13-20(27)24-9-3-4-10-24/h5-8,11-12H,3-4,9-10,13H2,1-2H3/b19-12+. The van der Waals surface area contributed by atoms with Crippen LogP contribution in [0.25, 0.3) is 11.8 Å². The Balaban J connectivity index is 1.57. The fourth-order valence-corrected chi connectivity index (χ4v) is 4.73. The Morgan fingerprint density at radius 2 is 1.80 bits per heavy atom. The minimum atomic E-state index is -0.441. The highest BCUT2D eigenvalue weighted by molar-refractivity contribution is 8.18. The molecule has 8 heteroatoms. The molecule has 2 aliphatic heterocycles. The van der Waals surface area contributed by atoms with E-state index in [-0.39, 0.29) is 18.3 Å². The number of amides is 3. The van der Waals surface area contributed by atoms with Crippen molar-refractivity contribution < 1.29 is 18.8 Å². The van der Waals surface area contributed by atoms with Gasteiger partial charge in [0.05, 0.1) is 4.91 Å². The molecule has 3 heterocycles. The molecule has 2 aliphatic rings. The number of halogens is 1. The number of carbonyl (C=O) groups is 3. The first kappa shape index (κ1) is 20.4. The maximum atomic E-state index is 13.3. The topological polar surface area (TPSA) is 62.6 Å². The second kappa shape index (κ2) is 8.10. The minimum absolute atomic E-state index is 0.189. The summed E-state index contributed by atoms with van der Waals surface area (Å²) in [5, 5.41) is -0.425. The van der Waals surface area contributed by atoms with Gasteiger partial charge in [0.25, 0.3) is 11.1 Å². The molecule has 1 aromatic heterocycles. The maximum absolute atomic E-state index is 13.3. The first-order chi connectivity index (χ1) is 14.3. The van der Waals surface area contributed by atoms with E-state index in [1.54, 1.807) is 23.1 Å². The molecule has 0 bridgehead atoms. The lowest BCUT2D eigenvalue weighted by molar-refractivity contribution is -0.135. The van der Waals surface area contributed by atoms with Crippen LogP contribution in [0.2, 0.25) is 0 Å². The van der Waals surface area contributed by atoms with Crippen LogP contribution in [0.3, 0.4) is 0 Å². The van der Waals surface area contributed by atoms with Crippen LogP contribution in [-0.4, -0.2) is 51.1 Å². The molecule has 0 saturated carbocycles. The summed E-state index contributed by atoms with van der Waals surface area (Å²) in [5.41, 5.74) is 3.41. The summed E-state index contributed by atoms with van der Waals surface area (Å²) in [6, 6.07) is 8.10. The van der Waals surface area contributed by atoms with E-state index in [9.17, 15) is 18.8 Å². The molecule has 0 N–H and O–H groups in total. The molecule has 3 amide bonds. The van der Waals surface area contributed by atoms with Gasteiger partial charge in [-0.2, -0.15) is 0 Å². The quantitative estimate of drug-likeness (QED) is 0.695. The molecule has 2 aromatic rings. The van der Waals surface area contributed by atoms with Crippen LogP contribution in [0.1, 0.15) is 29.8 Å². The summed E-state index contributed by atoms with van der Waals surface area (Å²) >= 11 is 0.852. The number of hydrogen-bond acceptors (Lipinski definition) is 4. The Labute approximate surface area is 178 Å². The summed E-state index contributed by atoms with van der Waals surface area (Å²) in [6.07, 6.45) is 3.60. The molecule has 1 aromatic carbocycles. The lowest BCUT2D eigenvalue weighted by Crippen LogP contribution is -2.40. The predicted octanol–water partition coefficient (Wildman–Crippen LogP) is 3.89. The monoisotopic (exact) mass is 427 g/mol. The van der Waals surface area contributed by atoms with Crippen molar-refractivity contribution >= 4 is 34.9 Å². The Morgan fingerprint density at radius 3 is 2.47 bits per heavy atom. The molecule has 4 rings (SSSR count). The van der Waals surface area contributed by atoms with E-state index in [1.807, 2.05) is 24.5 Å². The van der Waals surface area contributed by atoms with Crippen molar-refractivity contribution in [1.82, 2.24) is 14.4 Å². The van der Waals surface area contributed by atoms with Gasteiger partial charge < -0.3 is 9.47 Å². The van der Waals surface area contributed by atoms with Crippen molar-refractivity contribution in [3.63, 3.8) is 0 Å². The normalized spacial score (nSPS) is 18.2. The Hall–Kier alpha value is -2.87. The third-order valence-corrected chi connectivity index (χ3v) is 6.37. The van der Waals surface area contributed by atoms with E-state index in [0.29, 0.717) is 18.0 Å². The summed E-state index contributed by atoms with van der Waals surface area (Å²) in [7, 11) is 0. The van der Waals surface area contributed by atoms with Crippen LogP contribution in [0.4, 0.5) is 9.18 Å². The molecule has 0 unspecified atom stereocenters. The number of carbonyl (C=O) groups excluding carboxylic acids is 3. The molecule has 0 radical (unpaired) electrons. The highest BCUT2D eigenvalue weighted by Gasteiger charge is 2.37. The highest BCUT2D eigenvalue weighted by atomic mass is 32.2. The van der Waals surface area contributed by atoms with Gasteiger partial charge in [0.15, 0.2) is 0 Å². The molecule has 2 fully saturated rings. The predicted molar refractivity (Wildman–Crippen MR) is 114 cm³/mol. The zero-order valence-electron chi connectivity index (χ0n) is 16.9. The van der Waals surface area contributed by atoms with Crippen LogP contribution in [0, 0.1) is 19.7 Å². The van der Waals surface area contributed by atoms with Crippen molar-refractivity contribution in [2.24, 2.45) is 0 Å². The average Bonchev–Trinajstić information content (AvgIpc) is 3.40. The summed E-state index contributed by atoms with van der Waals surface area (Å²) in [4.78, 5) is 40.5. The molecular weight excluding hydrogens is 405 g/mol. The number of rotatable bonds is 4. The van der Waals surface area contributed by atoms with Gasteiger partial charge in [0.2, 0.25) is 5.91 Å². The number of aryl methyl sites for hydroxylation is 1. The third kappa shape index (κ3) is 3.79. The Kier molecular flexibility index (Phi) is 5.51. The van der Waals surface area contributed by atoms with Crippen molar-refractivity contribution in [3.8, 4) is 5.69 Å². The van der Waals surface area contributed by atoms with Crippen molar-refractivity contribution in [2.45, 2.75) is 26.7 Å². The van der Waals surface area contributed by atoms with Crippen molar-refractivity contribution in [2.75, 3.05) is 19.6 Å². The summed E-state index contributed by atoms with van der Waals surface area (Å²) in [5.74, 6) is -0.937. The molecule has 0 aliphatic carbocycles. The van der Waals surface area contributed by atoms with E-state index >= 15 is 0 Å². The summed E-state index contributed by atoms with van der Waals surface area (Å²) < 4.78 is 15.2. The maximum Gasteiger partial charge on any atom is 0.294 e. The minimum Gasteiger partial charge on any atom is -0.341 e. The van der Waals surface area contributed by atoms with Crippen molar-refractivity contribution in [3.05, 3.63) is 58.0 Å². The van der Waals surface area contributed by atoms with Crippen molar-refractivity contribution in [1.29, 1.82) is 0 Å². The lowest BCUT2D eigenvalue weighted by Gasteiger charge is -2.18. The molecule has 30 heavy (non-hydrogen) atoms. The summed E-state index contributed by atoms with van der Waals surface area (Å²) in [6.45, 7) is 4.98. The number of likely N-dealkylation sites (tertiary alicyclic amines) is 1. The molecule has 6 nitrogen and oxygen atoms in total. The van der Waals surface area contributed by atoms with Gasteiger partial charge in [-0.25, -0.2) is 4.39 Å². The number of aromatic nitrogens is 1. The number of benzene rings is 1. The van der Waals surface area contributed by atoms with Gasteiger partial charge in [-0.05, 0) is 80.4 Å². The molecular formula is C22H22FN3O3S. The van der Waals surface area contributed by atoms with Gasteiger partial charge in [0, 0.05) is 30.2 Å². The molecule has 0 atom stereocenters. The Morgan fingerprint density at radius 1 is 1.13 bits per heavy atom. The van der Waals surface area contributed by atoms with E-state index in [1.165, 1.54) is 12.1 Å². The van der Waals surface area contributed by atoms with Crippen LogP contribution < -0.4 is 0 Å². The lowest BCUT2D eigenvalue weighted by atomic mass is 10.2.